The van der Waals surface area contributed by atoms with Gasteiger partial charge < -0.3 is 4.74 Å². The fraction of sp³-hybridized carbons (Fsp3) is 0.600. The van der Waals surface area contributed by atoms with Gasteiger partial charge in [0.25, 0.3) is 0 Å². The largest absolute Gasteiger partial charge is 0.381 e. The molecule has 0 N–H and O–H groups in total. The molecule has 0 aromatic heterocycles. The van der Waals surface area contributed by atoms with E-state index in [9.17, 15) is 0 Å². The highest BCUT2D eigenvalue weighted by Crippen LogP contribution is 2.28. The van der Waals surface area contributed by atoms with Crippen molar-refractivity contribution in [3.8, 4) is 0 Å². The van der Waals surface area contributed by atoms with Crippen LogP contribution in [0.25, 0.3) is 0 Å². The van der Waals surface area contributed by atoms with Crippen LogP contribution in [0.2, 0.25) is 0 Å². The lowest BCUT2D eigenvalue weighted by molar-refractivity contribution is 0.0604. The Morgan fingerprint density at radius 3 is 2.47 bits per heavy atom. The Morgan fingerprint density at radius 2 is 1.88 bits per heavy atom. The standard InChI is InChI=1S/C15H21BrO/c1-10-6-11(2)14(12(3)7-10)8-13-9-17-5-4-15(13)16/h6-7,13,15H,4-5,8-9H2,1-3H3. The Bertz CT molecular complexity index is 377. The Hall–Kier alpha value is -0.340. The maximum absolute atomic E-state index is 5.60. The minimum Gasteiger partial charge on any atom is -0.381 e. The molecular weight excluding hydrogens is 276 g/mol. The van der Waals surface area contributed by atoms with Gasteiger partial charge in [0.05, 0.1) is 6.61 Å². The predicted molar refractivity (Wildman–Crippen MR) is 76.0 cm³/mol. The van der Waals surface area contributed by atoms with Gasteiger partial charge in [-0.05, 0) is 56.2 Å². The van der Waals surface area contributed by atoms with E-state index in [-0.39, 0.29) is 0 Å². The lowest BCUT2D eigenvalue weighted by atomic mass is 9.88. The van der Waals surface area contributed by atoms with Crippen LogP contribution in [0.3, 0.4) is 0 Å². The first-order valence-corrected chi connectivity index (χ1v) is 7.28. The summed E-state index contributed by atoms with van der Waals surface area (Å²) in [6.45, 7) is 8.41. The quantitative estimate of drug-likeness (QED) is 0.751. The van der Waals surface area contributed by atoms with Crippen LogP contribution < -0.4 is 0 Å². The van der Waals surface area contributed by atoms with Crippen molar-refractivity contribution in [1.82, 2.24) is 0 Å². The number of hydrogen-bond acceptors (Lipinski definition) is 1. The smallest absolute Gasteiger partial charge is 0.0508 e. The van der Waals surface area contributed by atoms with Crippen molar-refractivity contribution in [2.24, 2.45) is 5.92 Å². The summed E-state index contributed by atoms with van der Waals surface area (Å²) in [5.74, 6) is 0.615. The molecule has 0 radical (unpaired) electrons. The second kappa shape index (κ2) is 5.53. The number of rotatable bonds is 2. The molecule has 1 aliphatic rings. The molecule has 0 spiro atoms. The van der Waals surface area contributed by atoms with Crippen LogP contribution in [0.4, 0.5) is 0 Å². The van der Waals surface area contributed by atoms with Gasteiger partial charge in [-0.15, -0.1) is 0 Å². The molecule has 2 unspecified atom stereocenters. The van der Waals surface area contributed by atoms with Gasteiger partial charge in [0.15, 0.2) is 0 Å². The molecule has 1 nitrogen and oxygen atoms in total. The lowest BCUT2D eigenvalue weighted by Crippen LogP contribution is -2.29. The van der Waals surface area contributed by atoms with Crippen molar-refractivity contribution in [3.63, 3.8) is 0 Å². The fourth-order valence-electron chi connectivity index (χ4n) is 2.75. The molecule has 1 aromatic rings. The van der Waals surface area contributed by atoms with Gasteiger partial charge in [0.2, 0.25) is 0 Å². The first-order valence-electron chi connectivity index (χ1n) is 6.36. The van der Waals surface area contributed by atoms with Crippen molar-refractivity contribution in [2.45, 2.75) is 38.4 Å². The molecule has 1 fully saturated rings. The molecule has 2 rings (SSSR count). The highest BCUT2D eigenvalue weighted by Gasteiger charge is 2.24. The average Bonchev–Trinajstić information content (AvgIpc) is 2.25. The van der Waals surface area contributed by atoms with Crippen molar-refractivity contribution in [1.29, 1.82) is 0 Å². The summed E-state index contributed by atoms with van der Waals surface area (Å²) in [7, 11) is 0. The molecule has 1 aliphatic heterocycles. The van der Waals surface area contributed by atoms with Crippen LogP contribution in [0.5, 0.6) is 0 Å². The van der Waals surface area contributed by atoms with Gasteiger partial charge in [-0.2, -0.15) is 0 Å². The average molecular weight is 297 g/mol. The van der Waals surface area contributed by atoms with Gasteiger partial charge in [-0.3, -0.25) is 0 Å². The fourth-order valence-corrected chi connectivity index (χ4v) is 3.28. The van der Waals surface area contributed by atoms with Gasteiger partial charge in [0, 0.05) is 11.4 Å². The lowest BCUT2D eigenvalue weighted by Gasteiger charge is -2.28. The van der Waals surface area contributed by atoms with Crippen LogP contribution in [0.1, 0.15) is 28.7 Å². The number of ether oxygens (including phenoxy) is 1. The number of aryl methyl sites for hydroxylation is 3. The second-order valence-corrected chi connectivity index (χ2v) is 6.40. The third-order valence-corrected chi connectivity index (χ3v) is 4.89. The van der Waals surface area contributed by atoms with Crippen molar-refractivity contribution in [3.05, 3.63) is 34.4 Å². The van der Waals surface area contributed by atoms with E-state index in [1.54, 1.807) is 0 Å². The molecular formula is C15H21BrO. The van der Waals surface area contributed by atoms with E-state index in [0.717, 1.165) is 26.1 Å². The number of halogens is 1. The molecule has 1 aromatic carbocycles. The molecule has 2 heteroatoms. The summed E-state index contributed by atoms with van der Waals surface area (Å²) in [4.78, 5) is 0.608. The topological polar surface area (TPSA) is 9.23 Å². The molecule has 1 heterocycles. The predicted octanol–water partition coefficient (Wildman–Crippen LogP) is 3.95. The van der Waals surface area contributed by atoms with Gasteiger partial charge in [-0.1, -0.05) is 33.6 Å². The van der Waals surface area contributed by atoms with E-state index in [4.69, 9.17) is 4.74 Å². The Labute approximate surface area is 113 Å². The highest BCUT2D eigenvalue weighted by atomic mass is 79.9. The first-order chi connectivity index (χ1) is 8.08. The normalized spacial score (nSPS) is 24.9. The monoisotopic (exact) mass is 296 g/mol. The molecule has 2 atom stereocenters. The maximum Gasteiger partial charge on any atom is 0.0508 e. The second-order valence-electron chi connectivity index (χ2n) is 5.22. The van der Waals surface area contributed by atoms with Crippen molar-refractivity contribution < 1.29 is 4.74 Å². The van der Waals surface area contributed by atoms with E-state index >= 15 is 0 Å². The molecule has 17 heavy (non-hydrogen) atoms. The summed E-state index contributed by atoms with van der Waals surface area (Å²) in [5, 5.41) is 0. The van der Waals surface area contributed by atoms with Crippen LogP contribution in [0, 0.1) is 26.7 Å². The van der Waals surface area contributed by atoms with Gasteiger partial charge >= 0.3 is 0 Å². The van der Waals surface area contributed by atoms with Gasteiger partial charge in [0.1, 0.15) is 0 Å². The molecule has 94 valence electrons. The zero-order chi connectivity index (χ0) is 12.4. The Kier molecular flexibility index (Phi) is 4.26. The van der Waals surface area contributed by atoms with E-state index in [0.29, 0.717) is 10.7 Å². The van der Waals surface area contributed by atoms with E-state index in [2.05, 4.69) is 48.8 Å². The third-order valence-electron chi connectivity index (χ3n) is 3.69. The minimum atomic E-state index is 0.608. The Balaban J connectivity index is 2.17. The summed E-state index contributed by atoms with van der Waals surface area (Å²) in [6.07, 6.45) is 2.27. The van der Waals surface area contributed by atoms with Crippen LogP contribution in [0.15, 0.2) is 12.1 Å². The van der Waals surface area contributed by atoms with E-state index in [1.165, 1.54) is 22.3 Å². The highest BCUT2D eigenvalue weighted by molar-refractivity contribution is 9.09. The Morgan fingerprint density at radius 1 is 1.24 bits per heavy atom. The molecule has 0 bridgehead atoms. The van der Waals surface area contributed by atoms with Crippen molar-refractivity contribution in [2.75, 3.05) is 13.2 Å². The molecule has 1 saturated heterocycles. The first kappa shape index (κ1) is 13.1. The van der Waals surface area contributed by atoms with Crippen LogP contribution >= 0.6 is 15.9 Å². The third kappa shape index (κ3) is 3.11. The van der Waals surface area contributed by atoms with Gasteiger partial charge in [-0.25, -0.2) is 0 Å². The number of hydrogen-bond donors (Lipinski definition) is 0. The van der Waals surface area contributed by atoms with Crippen LogP contribution in [-0.2, 0) is 11.2 Å². The molecule has 0 saturated carbocycles. The minimum absolute atomic E-state index is 0.608. The number of alkyl halides is 1. The summed E-state index contributed by atoms with van der Waals surface area (Å²) in [6, 6.07) is 4.57. The van der Waals surface area contributed by atoms with E-state index < -0.39 is 0 Å². The SMILES string of the molecule is Cc1cc(C)c(CC2COCCC2Br)c(C)c1. The van der Waals surface area contributed by atoms with E-state index in [1.807, 2.05) is 0 Å². The maximum atomic E-state index is 5.60. The number of benzene rings is 1. The van der Waals surface area contributed by atoms with Crippen molar-refractivity contribution >= 4 is 15.9 Å². The summed E-state index contributed by atoms with van der Waals surface area (Å²) in [5.41, 5.74) is 5.72. The zero-order valence-corrected chi connectivity index (χ0v) is 12.5. The van der Waals surface area contributed by atoms with Crippen LogP contribution in [-0.4, -0.2) is 18.0 Å². The summed E-state index contributed by atoms with van der Waals surface area (Å²) < 4.78 is 5.60. The molecule has 0 amide bonds. The zero-order valence-electron chi connectivity index (χ0n) is 10.9. The summed E-state index contributed by atoms with van der Waals surface area (Å²) >= 11 is 3.80. The molecule has 0 aliphatic carbocycles.